The van der Waals surface area contributed by atoms with E-state index in [1.165, 1.54) is 10.6 Å². The van der Waals surface area contributed by atoms with Gasteiger partial charge < -0.3 is 9.88 Å². The Morgan fingerprint density at radius 1 is 1.42 bits per heavy atom. The van der Waals surface area contributed by atoms with E-state index in [0.29, 0.717) is 5.92 Å². The lowest BCUT2D eigenvalue weighted by molar-refractivity contribution is 0.553. The van der Waals surface area contributed by atoms with Crippen molar-refractivity contribution in [1.29, 1.82) is 0 Å². The summed E-state index contributed by atoms with van der Waals surface area (Å²) in [6, 6.07) is 0. The highest BCUT2D eigenvalue weighted by atomic mass is 32.1. The zero-order valence-electron chi connectivity index (χ0n) is 12.1. The number of hydrogen-bond donors (Lipinski definition) is 1. The summed E-state index contributed by atoms with van der Waals surface area (Å²) < 4.78 is 2.02. The molecule has 0 spiro atoms. The SMILES string of the molecule is CCc1nc(-c2nccn2C)sc1CNCC(C)C. The average Bonchev–Trinajstić information content (AvgIpc) is 2.94. The zero-order chi connectivity index (χ0) is 13.8. The number of hydrogen-bond acceptors (Lipinski definition) is 4. The fourth-order valence-electron chi connectivity index (χ4n) is 1.94. The Hall–Kier alpha value is -1.20. The van der Waals surface area contributed by atoms with E-state index in [9.17, 15) is 0 Å². The van der Waals surface area contributed by atoms with Crippen molar-refractivity contribution in [1.82, 2.24) is 19.9 Å². The zero-order valence-corrected chi connectivity index (χ0v) is 12.9. The Labute approximate surface area is 118 Å². The highest BCUT2D eigenvalue weighted by Crippen LogP contribution is 2.27. The second-order valence-corrected chi connectivity index (χ2v) is 6.21. The molecule has 2 heterocycles. The quantitative estimate of drug-likeness (QED) is 0.883. The number of imidazole rings is 1. The molecule has 0 aromatic carbocycles. The van der Waals surface area contributed by atoms with Gasteiger partial charge in [0.2, 0.25) is 0 Å². The van der Waals surface area contributed by atoms with Gasteiger partial charge in [-0.3, -0.25) is 0 Å². The Bertz CT molecular complexity index is 527. The van der Waals surface area contributed by atoms with Crippen molar-refractivity contribution in [2.24, 2.45) is 13.0 Å². The number of rotatable bonds is 6. The largest absolute Gasteiger partial charge is 0.332 e. The number of aromatic nitrogens is 3. The number of nitrogens with one attached hydrogen (secondary N) is 1. The van der Waals surface area contributed by atoms with Gasteiger partial charge >= 0.3 is 0 Å². The van der Waals surface area contributed by atoms with E-state index >= 15 is 0 Å². The van der Waals surface area contributed by atoms with Crippen LogP contribution in [0.25, 0.3) is 10.8 Å². The van der Waals surface area contributed by atoms with Crippen LogP contribution in [0.3, 0.4) is 0 Å². The normalized spacial score (nSPS) is 11.4. The molecule has 0 saturated carbocycles. The molecule has 2 aromatic rings. The fraction of sp³-hybridized carbons (Fsp3) is 0.571. The molecule has 4 nitrogen and oxygen atoms in total. The Morgan fingerprint density at radius 3 is 2.79 bits per heavy atom. The van der Waals surface area contributed by atoms with E-state index in [-0.39, 0.29) is 0 Å². The van der Waals surface area contributed by atoms with E-state index in [0.717, 1.165) is 30.3 Å². The summed E-state index contributed by atoms with van der Waals surface area (Å²) in [5.74, 6) is 1.63. The predicted octanol–water partition coefficient (Wildman–Crippen LogP) is 2.85. The summed E-state index contributed by atoms with van der Waals surface area (Å²) in [6.07, 6.45) is 4.75. The van der Waals surface area contributed by atoms with Gasteiger partial charge in [-0.2, -0.15) is 0 Å². The molecule has 1 N–H and O–H groups in total. The van der Waals surface area contributed by atoms with Gasteiger partial charge in [-0.05, 0) is 18.9 Å². The van der Waals surface area contributed by atoms with Gasteiger partial charge in [0.15, 0.2) is 10.8 Å². The van der Waals surface area contributed by atoms with Crippen molar-refractivity contribution in [3.63, 3.8) is 0 Å². The molecule has 0 aliphatic carbocycles. The molecule has 2 aromatic heterocycles. The van der Waals surface area contributed by atoms with Crippen molar-refractivity contribution in [3.8, 4) is 10.8 Å². The monoisotopic (exact) mass is 278 g/mol. The van der Waals surface area contributed by atoms with E-state index in [1.54, 1.807) is 11.3 Å². The molecule has 0 radical (unpaired) electrons. The van der Waals surface area contributed by atoms with Gasteiger partial charge in [0.25, 0.3) is 0 Å². The first-order chi connectivity index (χ1) is 9.11. The molecule has 0 fully saturated rings. The second-order valence-electron chi connectivity index (χ2n) is 5.13. The number of nitrogens with zero attached hydrogens (tertiary/aromatic N) is 3. The highest BCUT2D eigenvalue weighted by Gasteiger charge is 2.13. The summed E-state index contributed by atoms with van der Waals surface area (Å²) in [7, 11) is 2.01. The lowest BCUT2D eigenvalue weighted by Gasteiger charge is -2.06. The minimum atomic E-state index is 0.673. The lowest BCUT2D eigenvalue weighted by Crippen LogP contribution is -2.18. The lowest BCUT2D eigenvalue weighted by atomic mass is 10.2. The van der Waals surface area contributed by atoms with Crippen LogP contribution in [0.1, 0.15) is 31.3 Å². The maximum Gasteiger partial charge on any atom is 0.168 e. The summed E-state index contributed by atoms with van der Waals surface area (Å²) in [5.41, 5.74) is 1.19. The first kappa shape index (κ1) is 14.2. The summed E-state index contributed by atoms with van der Waals surface area (Å²) in [5, 5.41) is 4.51. The summed E-state index contributed by atoms with van der Waals surface area (Å²) >= 11 is 1.75. The Balaban J connectivity index is 2.16. The Morgan fingerprint density at radius 2 is 2.21 bits per heavy atom. The maximum atomic E-state index is 4.72. The van der Waals surface area contributed by atoms with Crippen LogP contribution < -0.4 is 5.32 Å². The molecule has 2 rings (SSSR count). The molecule has 0 saturated heterocycles. The number of aryl methyl sites for hydroxylation is 2. The molecule has 104 valence electrons. The molecular formula is C14H22N4S. The van der Waals surface area contributed by atoms with Gasteiger partial charge in [0, 0.05) is 30.9 Å². The van der Waals surface area contributed by atoms with E-state index in [1.807, 2.05) is 24.0 Å². The minimum absolute atomic E-state index is 0.673. The third-order valence-corrected chi connectivity index (χ3v) is 4.06. The maximum absolute atomic E-state index is 4.72. The van der Waals surface area contributed by atoms with Crippen LogP contribution in [0.15, 0.2) is 12.4 Å². The molecule has 0 amide bonds. The van der Waals surface area contributed by atoms with Crippen LogP contribution in [-0.4, -0.2) is 21.1 Å². The van der Waals surface area contributed by atoms with Crippen LogP contribution >= 0.6 is 11.3 Å². The minimum Gasteiger partial charge on any atom is -0.332 e. The summed E-state index contributed by atoms with van der Waals surface area (Å²) in [4.78, 5) is 10.4. The first-order valence-corrected chi connectivity index (χ1v) is 7.60. The van der Waals surface area contributed by atoms with Crippen LogP contribution in [0.4, 0.5) is 0 Å². The predicted molar refractivity (Wildman–Crippen MR) is 80.2 cm³/mol. The molecule has 0 unspecified atom stereocenters. The fourth-order valence-corrected chi connectivity index (χ4v) is 3.10. The molecule has 0 atom stereocenters. The van der Waals surface area contributed by atoms with E-state index in [2.05, 4.69) is 31.1 Å². The average molecular weight is 278 g/mol. The molecule has 0 bridgehead atoms. The van der Waals surface area contributed by atoms with Gasteiger partial charge in [0.05, 0.1) is 5.69 Å². The van der Waals surface area contributed by atoms with Gasteiger partial charge in [0.1, 0.15) is 0 Å². The molecule has 0 aliphatic rings. The van der Waals surface area contributed by atoms with Crippen molar-refractivity contribution in [2.45, 2.75) is 33.7 Å². The van der Waals surface area contributed by atoms with Gasteiger partial charge in [-0.25, -0.2) is 9.97 Å². The summed E-state index contributed by atoms with van der Waals surface area (Å²) in [6.45, 7) is 8.55. The molecular weight excluding hydrogens is 256 g/mol. The van der Waals surface area contributed by atoms with Crippen molar-refractivity contribution < 1.29 is 0 Å². The number of thiazole rings is 1. The molecule has 0 aliphatic heterocycles. The highest BCUT2D eigenvalue weighted by molar-refractivity contribution is 7.15. The van der Waals surface area contributed by atoms with Crippen molar-refractivity contribution in [3.05, 3.63) is 23.0 Å². The first-order valence-electron chi connectivity index (χ1n) is 6.78. The van der Waals surface area contributed by atoms with Crippen molar-refractivity contribution in [2.75, 3.05) is 6.54 Å². The van der Waals surface area contributed by atoms with Crippen LogP contribution in [0.2, 0.25) is 0 Å². The third-order valence-electron chi connectivity index (χ3n) is 2.96. The van der Waals surface area contributed by atoms with Crippen molar-refractivity contribution >= 4 is 11.3 Å². The third kappa shape index (κ3) is 3.42. The van der Waals surface area contributed by atoms with Crippen LogP contribution in [0, 0.1) is 5.92 Å². The van der Waals surface area contributed by atoms with Gasteiger partial charge in [-0.1, -0.05) is 20.8 Å². The smallest absolute Gasteiger partial charge is 0.168 e. The topological polar surface area (TPSA) is 42.7 Å². The molecule has 19 heavy (non-hydrogen) atoms. The van der Waals surface area contributed by atoms with E-state index < -0.39 is 0 Å². The van der Waals surface area contributed by atoms with Crippen LogP contribution in [0.5, 0.6) is 0 Å². The van der Waals surface area contributed by atoms with Gasteiger partial charge in [-0.15, -0.1) is 11.3 Å². The van der Waals surface area contributed by atoms with Crippen LogP contribution in [-0.2, 0) is 20.0 Å². The Kier molecular flexibility index (Phi) is 4.71. The standard InChI is InChI=1S/C14H22N4S/c1-5-11-12(9-15-8-10(2)3)19-14(17-11)13-16-6-7-18(13)4/h6-7,10,15H,5,8-9H2,1-4H3. The van der Waals surface area contributed by atoms with E-state index in [4.69, 9.17) is 4.98 Å². The second kappa shape index (κ2) is 6.30. The molecule has 5 heteroatoms.